The van der Waals surface area contributed by atoms with Crippen LogP contribution in [-0.2, 0) is 16.9 Å². The van der Waals surface area contributed by atoms with Crippen LogP contribution in [0.2, 0.25) is 0 Å². The number of aromatic nitrogens is 2. The van der Waals surface area contributed by atoms with Crippen molar-refractivity contribution in [1.82, 2.24) is 10.2 Å². The van der Waals surface area contributed by atoms with Gasteiger partial charge in [0.2, 0.25) is 0 Å². The van der Waals surface area contributed by atoms with E-state index in [2.05, 4.69) is 10.2 Å². The van der Waals surface area contributed by atoms with Crippen molar-refractivity contribution < 1.29 is 14.7 Å². The third-order valence-corrected chi connectivity index (χ3v) is 5.25. The number of hydrogen-bond acceptors (Lipinski definition) is 4. The molecule has 2 aromatic carbocycles. The van der Waals surface area contributed by atoms with Crippen molar-refractivity contribution >= 4 is 17.4 Å². The van der Waals surface area contributed by atoms with Crippen molar-refractivity contribution in [1.29, 1.82) is 0 Å². The zero-order valence-corrected chi connectivity index (χ0v) is 15.8. The highest BCUT2D eigenvalue weighted by Crippen LogP contribution is 2.43. The summed E-state index contributed by atoms with van der Waals surface area (Å²) >= 11 is 0. The van der Waals surface area contributed by atoms with Gasteiger partial charge in [-0.05, 0) is 25.5 Å². The Morgan fingerprint density at radius 1 is 1.11 bits per heavy atom. The lowest BCUT2D eigenvalue weighted by Gasteiger charge is -2.23. The van der Waals surface area contributed by atoms with Gasteiger partial charge in [-0.2, -0.15) is 5.10 Å². The lowest BCUT2D eigenvalue weighted by Crippen LogP contribution is -2.41. The predicted octanol–water partition coefficient (Wildman–Crippen LogP) is 3.03. The van der Waals surface area contributed by atoms with Crippen LogP contribution in [0.4, 0.5) is 5.69 Å². The van der Waals surface area contributed by atoms with Gasteiger partial charge in [-0.15, -0.1) is 0 Å². The first kappa shape index (κ1) is 18.1. The highest BCUT2D eigenvalue weighted by molar-refractivity contribution is 6.11. The number of carbonyl (C=O) groups excluding carboxylic acids is 2. The van der Waals surface area contributed by atoms with Crippen LogP contribution in [-0.4, -0.2) is 27.0 Å². The third-order valence-electron chi connectivity index (χ3n) is 5.25. The maximum atomic E-state index is 13.3. The molecule has 28 heavy (non-hydrogen) atoms. The van der Waals surface area contributed by atoms with Gasteiger partial charge in [-0.3, -0.25) is 14.7 Å². The summed E-state index contributed by atoms with van der Waals surface area (Å²) in [5.41, 5.74) is 1.77. The molecule has 6 heteroatoms. The molecule has 1 aliphatic heterocycles. The minimum Gasteiger partial charge on any atom is -0.375 e. The van der Waals surface area contributed by atoms with E-state index in [1.54, 1.807) is 36.9 Å². The molecule has 1 aromatic heterocycles. The number of anilines is 1. The van der Waals surface area contributed by atoms with Gasteiger partial charge in [-0.1, -0.05) is 48.5 Å². The Morgan fingerprint density at radius 3 is 2.46 bits per heavy atom. The van der Waals surface area contributed by atoms with Gasteiger partial charge in [0.15, 0.2) is 11.4 Å². The van der Waals surface area contributed by atoms with Crippen LogP contribution in [0.3, 0.4) is 0 Å². The van der Waals surface area contributed by atoms with Crippen LogP contribution in [0, 0.1) is 13.8 Å². The number of fused-ring (bicyclic) bond motifs is 1. The van der Waals surface area contributed by atoms with E-state index in [0.717, 1.165) is 5.56 Å². The van der Waals surface area contributed by atoms with E-state index in [1.807, 2.05) is 36.4 Å². The summed E-state index contributed by atoms with van der Waals surface area (Å²) in [7, 11) is 0. The summed E-state index contributed by atoms with van der Waals surface area (Å²) in [5, 5.41) is 18.2. The minimum atomic E-state index is -1.89. The highest BCUT2D eigenvalue weighted by atomic mass is 16.3. The second kappa shape index (κ2) is 6.73. The van der Waals surface area contributed by atoms with Crippen molar-refractivity contribution in [3.63, 3.8) is 0 Å². The first-order chi connectivity index (χ1) is 13.4. The molecule has 1 amide bonds. The Bertz CT molecular complexity index is 1040. The predicted molar refractivity (Wildman–Crippen MR) is 105 cm³/mol. The number of Topliss-reactive ketones (excluding diaryl/α,β-unsaturated/α-hetero) is 1. The molecular formula is C22H21N3O3. The molecule has 4 rings (SSSR count). The standard InChI is InChI=1S/C22H21N3O3/c1-14-20(15(2)24-23-14)19(26)12-22(28)17-10-6-7-11-18(17)25(21(22)27)13-16-8-4-3-5-9-16/h3-11,28H,12-13H2,1-2H3,(H,23,24)/t22-/m1/s1. The van der Waals surface area contributed by atoms with Crippen LogP contribution in [0.5, 0.6) is 0 Å². The Balaban J connectivity index is 1.71. The Labute approximate surface area is 162 Å². The van der Waals surface area contributed by atoms with Gasteiger partial charge >= 0.3 is 0 Å². The van der Waals surface area contributed by atoms with E-state index in [9.17, 15) is 14.7 Å². The average molecular weight is 375 g/mol. The van der Waals surface area contributed by atoms with E-state index in [-0.39, 0.29) is 12.2 Å². The number of rotatable bonds is 5. The Kier molecular flexibility index (Phi) is 4.35. The number of aryl methyl sites for hydroxylation is 2. The van der Waals surface area contributed by atoms with Crippen molar-refractivity contribution in [2.75, 3.05) is 4.90 Å². The molecule has 2 heterocycles. The topological polar surface area (TPSA) is 86.3 Å². The molecule has 2 N–H and O–H groups in total. The van der Waals surface area contributed by atoms with E-state index in [4.69, 9.17) is 0 Å². The molecule has 0 spiro atoms. The highest BCUT2D eigenvalue weighted by Gasteiger charge is 2.51. The number of benzene rings is 2. The molecule has 0 fully saturated rings. The molecule has 0 aliphatic carbocycles. The van der Waals surface area contributed by atoms with Crippen molar-refractivity contribution in [2.24, 2.45) is 0 Å². The molecular weight excluding hydrogens is 354 g/mol. The number of carbonyl (C=O) groups is 2. The smallest absolute Gasteiger partial charge is 0.264 e. The van der Waals surface area contributed by atoms with E-state index < -0.39 is 11.5 Å². The van der Waals surface area contributed by atoms with E-state index in [1.165, 1.54) is 0 Å². The fraction of sp³-hybridized carbons (Fsp3) is 0.227. The summed E-state index contributed by atoms with van der Waals surface area (Å²) in [4.78, 5) is 27.8. The molecule has 0 bridgehead atoms. The maximum absolute atomic E-state index is 13.3. The zero-order chi connectivity index (χ0) is 19.9. The van der Waals surface area contributed by atoms with Gasteiger partial charge in [0.05, 0.1) is 29.9 Å². The van der Waals surface area contributed by atoms with Crippen molar-refractivity contribution in [2.45, 2.75) is 32.4 Å². The number of nitrogens with zero attached hydrogens (tertiary/aromatic N) is 2. The van der Waals surface area contributed by atoms with Gasteiger partial charge in [0.25, 0.3) is 5.91 Å². The van der Waals surface area contributed by atoms with E-state index >= 15 is 0 Å². The molecule has 1 atom stereocenters. The normalized spacial score (nSPS) is 18.4. The summed E-state index contributed by atoms with van der Waals surface area (Å²) in [6, 6.07) is 16.7. The number of aromatic amines is 1. The summed E-state index contributed by atoms with van der Waals surface area (Å²) in [5.74, 6) is -0.791. The molecule has 0 saturated heterocycles. The fourth-order valence-electron chi connectivity index (χ4n) is 3.88. The number of hydrogen-bond donors (Lipinski definition) is 2. The molecule has 0 radical (unpaired) electrons. The Hall–Kier alpha value is -3.25. The van der Waals surface area contributed by atoms with Gasteiger partial charge in [0.1, 0.15) is 0 Å². The summed E-state index contributed by atoms with van der Waals surface area (Å²) in [6.07, 6.45) is -0.324. The van der Waals surface area contributed by atoms with Crippen LogP contribution in [0.25, 0.3) is 0 Å². The van der Waals surface area contributed by atoms with Gasteiger partial charge in [-0.25, -0.2) is 0 Å². The molecule has 3 aromatic rings. The first-order valence-corrected chi connectivity index (χ1v) is 9.14. The maximum Gasteiger partial charge on any atom is 0.264 e. The minimum absolute atomic E-state index is 0.309. The SMILES string of the molecule is Cc1n[nH]c(C)c1C(=O)C[C@]1(O)C(=O)N(Cc2ccccc2)c2ccccc21. The zero-order valence-electron chi connectivity index (χ0n) is 15.8. The molecule has 6 nitrogen and oxygen atoms in total. The van der Waals surface area contributed by atoms with Crippen LogP contribution in [0.1, 0.15) is 39.3 Å². The van der Waals surface area contributed by atoms with Gasteiger partial charge in [0, 0.05) is 11.3 Å². The average Bonchev–Trinajstić information content (AvgIpc) is 3.13. The number of para-hydroxylation sites is 1. The monoisotopic (exact) mass is 375 g/mol. The quantitative estimate of drug-likeness (QED) is 0.671. The fourth-order valence-corrected chi connectivity index (χ4v) is 3.88. The molecule has 142 valence electrons. The van der Waals surface area contributed by atoms with Crippen LogP contribution in [0.15, 0.2) is 54.6 Å². The van der Waals surface area contributed by atoms with Crippen LogP contribution >= 0.6 is 0 Å². The van der Waals surface area contributed by atoms with Gasteiger partial charge < -0.3 is 10.0 Å². The molecule has 0 unspecified atom stereocenters. The number of amides is 1. The van der Waals surface area contributed by atoms with Crippen LogP contribution < -0.4 is 4.90 Å². The second-order valence-electron chi connectivity index (χ2n) is 7.16. The number of nitrogens with one attached hydrogen (secondary N) is 1. The van der Waals surface area contributed by atoms with Crippen molar-refractivity contribution in [3.05, 3.63) is 82.7 Å². The van der Waals surface area contributed by atoms with E-state index in [0.29, 0.717) is 34.7 Å². The lowest BCUT2D eigenvalue weighted by atomic mass is 9.87. The molecule has 0 saturated carbocycles. The largest absolute Gasteiger partial charge is 0.375 e. The molecule has 1 aliphatic rings. The first-order valence-electron chi connectivity index (χ1n) is 9.14. The summed E-state index contributed by atoms with van der Waals surface area (Å²) < 4.78 is 0. The number of H-pyrrole nitrogens is 1. The second-order valence-corrected chi connectivity index (χ2v) is 7.16. The third kappa shape index (κ3) is 2.82. The van der Waals surface area contributed by atoms with Crippen molar-refractivity contribution in [3.8, 4) is 0 Å². The lowest BCUT2D eigenvalue weighted by molar-refractivity contribution is -0.136. The Morgan fingerprint density at radius 2 is 1.79 bits per heavy atom. The summed E-state index contributed by atoms with van der Waals surface area (Å²) in [6.45, 7) is 3.81. The number of aliphatic hydroxyl groups is 1. The number of ketones is 1.